The summed E-state index contributed by atoms with van der Waals surface area (Å²) in [6, 6.07) is 15.6. The van der Waals surface area contributed by atoms with Gasteiger partial charge in [0, 0.05) is 38.2 Å². The van der Waals surface area contributed by atoms with Gasteiger partial charge in [-0.05, 0) is 49.1 Å². The number of nitrogens with one attached hydrogen (secondary N) is 3. The van der Waals surface area contributed by atoms with E-state index in [1.54, 1.807) is 14.2 Å². The van der Waals surface area contributed by atoms with Crippen LogP contribution in [0.3, 0.4) is 0 Å². The molecule has 0 atom stereocenters. The number of unbranched alkanes of at least 4 members (excludes halogenated alkanes) is 1. The average molecular weight is 428 g/mol. The second kappa shape index (κ2) is 13.9. The molecule has 2 aromatic rings. The van der Waals surface area contributed by atoms with Crippen LogP contribution in [0.25, 0.3) is 0 Å². The Kier molecular flexibility index (Phi) is 10.8. The zero-order valence-electron chi connectivity index (χ0n) is 18.4. The number of carbonyl (C=O) groups excluding carboxylic acids is 2. The fourth-order valence-corrected chi connectivity index (χ4v) is 3.10. The zero-order chi connectivity index (χ0) is 22.3. The van der Waals surface area contributed by atoms with Crippen LogP contribution in [0.5, 0.6) is 11.5 Å². The second-order valence-electron chi connectivity index (χ2n) is 7.14. The number of carbonyl (C=O) groups is 2. The molecule has 0 aromatic heterocycles. The Morgan fingerprint density at radius 3 is 2.06 bits per heavy atom. The van der Waals surface area contributed by atoms with Gasteiger partial charge in [0.05, 0.1) is 14.2 Å². The third-order valence-electron chi connectivity index (χ3n) is 4.79. The largest absolute Gasteiger partial charge is 0.493 e. The maximum Gasteiger partial charge on any atom is 0.220 e. The van der Waals surface area contributed by atoms with Gasteiger partial charge in [-0.2, -0.15) is 0 Å². The molecular formula is C24H33N3O4. The van der Waals surface area contributed by atoms with Crippen LogP contribution < -0.4 is 25.4 Å². The molecule has 0 spiro atoms. The van der Waals surface area contributed by atoms with E-state index in [1.165, 1.54) is 0 Å². The fourth-order valence-electron chi connectivity index (χ4n) is 3.10. The predicted octanol–water partition coefficient (Wildman–Crippen LogP) is 3.15. The van der Waals surface area contributed by atoms with Crippen molar-refractivity contribution in [3.05, 3.63) is 54.1 Å². The van der Waals surface area contributed by atoms with E-state index in [1.807, 2.05) is 48.5 Å². The number of methoxy groups -OCH3 is 2. The van der Waals surface area contributed by atoms with Gasteiger partial charge in [-0.3, -0.25) is 9.59 Å². The molecule has 2 amide bonds. The first kappa shape index (κ1) is 24.1. The van der Waals surface area contributed by atoms with Gasteiger partial charge in [-0.25, -0.2) is 0 Å². The maximum atomic E-state index is 12.0. The highest BCUT2D eigenvalue weighted by atomic mass is 16.5. The molecule has 0 aliphatic carbocycles. The molecular weight excluding hydrogens is 394 g/mol. The normalized spacial score (nSPS) is 10.3. The number of para-hydroxylation sites is 1. The maximum absolute atomic E-state index is 12.0. The minimum atomic E-state index is 0.00736. The van der Waals surface area contributed by atoms with Crippen molar-refractivity contribution in [3.8, 4) is 11.5 Å². The average Bonchev–Trinajstić information content (AvgIpc) is 2.80. The van der Waals surface area contributed by atoms with Gasteiger partial charge >= 0.3 is 0 Å². The van der Waals surface area contributed by atoms with E-state index in [9.17, 15) is 9.59 Å². The smallest absolute Gasteiger partial charge is 0.220 e. The standard InChI is InChI=1S/C24H33N3O4/c1-30-21-13-12-19(18-22(21)31-2)14-15-26-23(28)10-6-7-11-24(29)27-17-16-25-20-8-4-3-5-9-20/h3-5,8-9,12-13,18,25H,6-7,10-11,14-17H2,1-2H3,(H,26,28)(H,27,29). The first-order valence-electron chi connectivity index (χ1n) is 10.7. The molecule has 0 aliphatic heterocycles. The summed E-state index contributed by atoms with van der Waals surface area (Å²) in [7, 11) is 3.20. The summed E-state index contributed by atoms with van der Waals surface area (Å²) in [6.45, 7) is 1.81. The van der Waals surface area contributed by atoms with Gasteiger partial charge in [0.1, 0.15) is 0 Å². The lowest BCUT2D eigenvalue weighted by Gasteiger charge is -2.10. The Hall–Kier alpha value is -3.22. The molecule has 0 fully saturated rings. The number of anilines is 1. The number of hydrogen-bond acceptors (Lipinski definition) is 5. The van der Waals surface area contributed by atoms with E-state index < -0.39 is 0 Å². The van der Waals surface area contributed by atoms with Crippen molar-refractivity contribution >= 4 is 17.5 Å². The molecule has 2 rings (SSSR count). The van der Waals surface area contributed by atoms with E-state index in [0.717, 1.165) is 11.3 Å². The van der Waals surface area contributed by atoms with E-state index in [-0.39, 0.29) is 11.8 Å². The third kappa shape index (κ3) is 9.42. The highest BCUT2D eigenvalue weighted by molar-refractivity contribution is 5.77. The Balaban J connectivity index is 1.50. The quantitative estimate of drug-likeness (QED) is 0.403. The summed E-state index contributed by atoms with van der Waals surface area (Å²) < 4.78 is 10.5. The first-order valence-corrected chi connectivity index (χ1v) is 10.7. The summed E-state index contributed by atoms with van der Waals surface area (Å²) in [6.07, 6.45) is 2.96. The lowest BCUT2D eigenvalue weighted by Crippen LogP contribution is -2.28. The van der Waals surface area contributed by atoms with Crippen molar-refractivity contribution in [3.63, 3.8) is 0 Å². The molecule has 3 N–H and O–H groups in total. The molecule has 0 heterocycles. The second-order valence-corrected chi connectivity index (χ2v) is 7.14. The van der Waals surface area contributed by atoms with E-state index >= 15 is 0 Å². The van der Waals surface area contributed by atoms with Crippen LogP contribution >= 0.6 is 0 Å². The Labute approximate surface area is 184 Å². The predicted molar refractivity (Wildman–Crippen MR) is 123 cm³/mol. The zero-order valence-corrected chi connectivity index (χ0v) is 18.4. The summed E-state index contributed by atoms with van der Waals surface area (Å²) in [4.78, 5) is 23.8. The van der Waals surface area contributed by atoms with Crippen LogP contribution in [0.15, 0.2) is 48.5 Å². The topological polar surface area (TPSA) is 88.7 Å². The van der Waals surface area contributed by atoms with Gasteiger partial charge in [0.25, 0.3) is 0 Å². The first-order chi connectivity index (χ1) is 15.1. The van der Waals surface area contributed by atoms with Crippen LogP contribution in [0, 0.1) is 0 Å². The minimum absolute atomic E-state index is 0.00736. The summed E-state index contributed by atoms with van der Waals surface area (Å²) in [5, 5.41) is 9.06. The lowest BCUT2D eigenvalue weighted by atomic mass is 10.1. The summed E-state index contributed by atoms with van der Waals surface area (Å²) in [5.41, 5.74) is 2.10. The molecule has 0 saturated heterocycles. The highest BCUT2D eigenvalue weighted by Gasteiger charge is 2.06. The minimum Gasteiger partial charge on any atom is -0.493 e. The summed E-state index contributed by atoms with van der Waals surface area (Å²) >= 11 is 0. The van der Waals surface area contributed by atoms with Crippen molar-refractivity contribution in [2.45, 2.75) is 32.1 Å². The van der Waals surface area contributed by atoms with Crippen LogP contribution in [-0.4, -0.2) is 45.7 Å². The van der Waals surface area contributed by atoms with E-state index in [2.05, 4.69) is 16.0 Å². The Bertz CT molecular complexity index is 812. The molecule has 31 heavy (non-hydrogen) atoms. The van der Waals surface area contributed by atoms with Gasteiger partial charge in [0.2, 0.25) is 11.8 Å². The molecule has 2 aromatic carbocycles. The van der Waals surface area contributed by atoms with Crippen molar-refractivity contribution in [1.29, 1.82) is 0 Å². The van der Waals surface area contributed by atoms with Crippen LogP contribution in [0.4, 0.5) is 5.69 Å². The third-order valence-corrected chi connectivity index (χ3v) is 4.79. The molecule has 0 radical (unpaired) electrons. The number of benzene rings is 2. The molecule has 0 saturated carbocycles. The van der Waals surface area contributed by atoms with Gasteiger partial charge in [-0.15, -0.1) is 0 Å². The Morgan fingerprint density at radius 1 is 0.774 bits per heavy atom. The molecule has 7 heteroatoms. The van der Waals surface area contributed by atoms with Crippen LogP contribution in [0.2, 0.25) is 0 Å². The Morgan fingerprint density at radius 2 is 1.42 bits per heavy atom. The fraction of sp³-hybridized carbons (Fsp3) is 0.417. The number of ether oxygens (including phenoxy) is 2. The van der Waals surface area contributed by atoms with Crippen LogP contribution in [0.1, 0.15) is 31.2 Å². The number of hydrogen-bond donors (Lipinski definition) is 3. The monoisotopic (exact) mass is 427 g/mol. The van der Waals surface area contributed by atoms with Gasteiger partial charge in [0.15, 0.2) is 11.5 Å². The molecule has 7 nitrogen and oxygen atoms in total. The number of amides is 2. The highest BCUT2D eigenvalue weighted by Crippen LogP contribution is 2.27. The lowest BCUT2D eigenvalue weighted by molar-refractivity contribution is -0.122. The SMILES string of the molecule is COc1ccc(CCNC(=O)CCCCC(=O)NCCNc2ccccc2)cc1OC. The van der Waals surface area contributed by atoms with Crippen molar-refractivity contribution in [1.82, 2.24) is 10.6 Å². The van der Waals surface area contributed by atoms with Crippen molar-refractivity contribution in [2.75, 3.05) is 39.2 Å². The summed E-state index contributed by atoms with van der Waals surface area (Å²) in [5.74, 6) is 1.39. The molecule has 0 aliphatic rings. The van der Waals surface area contributed by atoms with Crippen molar-refractivity contribution < 1.29 is 19.1 Å². The molecule has 168 valence electrons. The van der Waals surface area contributed by atoms with Crippen LogP contribution in [-0.2, 0) is 16.0 Å². The molecule has 0 unspecified atom stereocenters. The van der Waals surface area contributed by atoms with E-state index in [0.29, 0.717) is 63.2 Å². The van der Waals surface area contributed by atoms with E-state index in [4.69, 9.17) is 9.47 Å². The van der Waals surface area contributed by atoms with Gasteiger partial charge in [-0.1, -0.05) is 24.3 Å². The van der Waals surface area contributed by atoms with Crippen molar-refractivity contribution in [2.24, 2.45) is 0 Å². The number of rotatable bonds is 14. The van der Waals surface area contributed by atoms with Gasteiger partial charge < -0.3 is 25.4 Å². The molecule has 0 bridgehead atoms.